The molecule has 0 aliphatic heterocycles. The zero-order valence-corrected chi connectivity index (χ0v) is 9.62. The van der Waals surface area contributed by atoms with Crippen LogP contribution in [0, 0.1) is 0 Å². The number of hydrogen-bond acceptors (Lipinski definition) is 4. The van der Waals surface area contributed by atoms with Crippen LogP contribution >= 0.6 is 0 Å². The Hall–Kier alpha value is -0.200. The highest BCUT2D eigenvalue weighted by atomic mass is 17.2. The largest absolute Gasteiger partial charge is 0.378 e. The maximum atomic E-state index is 5.43. The van der Waals surface area contributed by atoms with Gasteiger partial charge < -0.3 is 4.74 Å². The van der Waals surface area contributed by atoms with Gasteiger partial charge in [0, 0.05) is 7.11 Å². The van der Waals surface area contributed by atoms with Crippen LogP contribution < -0.4 is 0 Å². The summed E-state index contributed by atoms with van der Waals surface area (Å²) in [5.41, 5.74) is 0. The number of nitrogens with zero attached hydrogens (tertiary/aromatic N) is 1. The van der Waals surface area contributed by atoms with Crippen molar-refractivity contribution in [3.8, 4) is 0 Å². The molecular weight excluding hydrogens is 186 g/mol. The Morgan fingerprint density at radius 1 is 0.857 bits per heavy atom. The summed E-state index contributed by atoms with van der Waals surface area (Å²) in [6.07, 6.45) is 0. The van der Waals surface area contributed by atoms with Crippen LogP contribution in [0.5, 0.6) is 0 Å². The van der Waals surface area contributed by atoms with Gasteiger partial charge in [-0.2, -0.15) is 0 Å². The quantitative estimate of drug-likeness (QED) is 0.423. The van der Waals surface area contributed by atoms with Crippen molar-refractivity contribution in [2.75, 3.05) is 40.1 Å². The first kappa shape index (κ1) is 13.8. The number of hydrogen-bond donors (Lipinski definition) is 0. The average molecular weight is 208 g/mol. The minimum Gasteiger partial charge on any atom is -0.378 e. The van der Waals surface area contributed by atoms with E-state index in [1.165, 1.54) is 0 Å². The molecule has 0 saturated heterocycles. The minimum absolute atomic E-state index is 0.239. The normalized spacial score (nSPS) is 12.0. The zero-order chi connectivity index (χ0) is 10.9. The molecule has 0 rings (SSSR count). The molecule has 5 nitrogen and oxygen atoms in total. The average Bonchev–Trinajstić information content (AvgIpc) is 2.16. The van der Waals surface area contributed by atoms with E-state index in [0.29, 0.717) is 33.0 Å². The highest BCUT2D eigenvalue weighted by Crippen LogP contribution is 2.11. The maximum absolute atomic E-state index is 5.43. The molecule has 0 amide bonds. The molecule has 86 valence electrons. The molecule has 0 spiro atoms. The minimum atomic E-state index is -0.239. The Bertz CT molecular complexity index is 115. The molecule has 0 fully saturated rings. The smallest absolute Gasteiger partial charge is 0.201 e. The van der Waals surface area contributed by atoms with Gasteiger partial charge in [0.15, 0.2) is 0 Å². The molecule has 0 aromatic rings. The second kappa shape index (κ2) is 8.14. The summed E-state index contributed by atoms with van der Waals surface area (Å²) in [6.45, 7) is 8.34. The molecule has 0 unspecified atom stereocenters. The predicted octanol–water partition coefficient (Wildman–Crippen LogP) is 1.30. The van der Waals surface area contributed by atoms with Crippen LogP contribution in [0.1, 0.15) is 20.8 Å². The van der Waals surface area contributed by atoms with Crippen LogP contribution in [-0.2, 0) is 19.2 Å². The third-order valence-electron chi connectivity index (χ3n) is 1.55. The molecule has 0 aliphatic carbocycles. The van der Waals surface area contributed by atoms with Gasteiger partial charge >= 0.3 is 0 Å². The molecule has 14 heavy (non-hydrogen) atoms. The highest BCUT2D eigenvalue weighted by molar-refractivity contribution is 4.18. The molecular formula is C9H22NO4+. The molecule has 5 heteroatoms. The summed E-state index contributed by atoms with van der Waals surface area (Å²) in [5, 5.41) is 0. The summed E-state index contributed by atoms with van der Waals surface area (Å²) in [4.78, 5) is 16.0. The van der Waals surface area contributed by atoms with Crippen LogP contribution in [0.4, 0.5) is 0 Å². The van der Waals surface area contributed by atoms with E-state index in [2.05, 4.69) is 0 Å². The number of quaternary nitrogens is 1. The number of rotatable bonds is 9. The lowest BCUT2D eigenvalue weighted by molar-refractivity contribution is -1.37. The Labute approximate surface area is 85.9 Å². The topological polar surface area (TPSA) is 36.9 Å². The Morgan fingerprint density at radius 2 is 1.29 bits per heavy atom. The van der Waals surface area contributed by atoms with E-state index in [1.807, 2.05) is 20.8 Å². The first-order valence-electron chi connectivity index (χ1n) is 5.05. The predicted molar refractivity (Wildman–Crippen MR) is 51.9 cm³/mol. The van der Waals surface area contributed by atoms with Crippen molar-refractivity contribution >= 4 is 0 Å². The van der Waals surface area contributed by atoms with Gasteiger partial charge in [-0.3, -0.25) is 0 Å². The maximum Gasteiger partial charge on any atom is 0.201 e. The third-order valence-corrected chi connectivity index (χ3v) is 1.55. The fourth-order valence-corrected chi connectivity index (χ4v) is 1.10. The summed E-state index contributed by atoms with van der Waals surface area (Å²) in [6, 6.07) is 0. The number of methoxy groups -OCH3 is 1. The van der Waals surface area contributed by atoms with Gasteiger partial charge in [-0.05, 0) is 20.8 Å². The summed E-state index contributed by atoms with van der Waals surface area (Å²) in [5.74, 6) is 0. The van der Waals surface area contributed by atoms with E-state index < -0.39 is 0 Å². The van der Waals surface area contributed by atoms with Gasteiger partial charge in [-0.25, -0.2) is 0 Å². The Kier molecular flexibility index (Phi) is 8.02. The van der Waals surface area contributed by atoms with Gasteiger partial charge in [0.2, 0.25) is 6.54 Å². The van der Waals surface area contributed by atoms with Gasteiger partial charge in [0.25, 0.3) is 0 Å². The van der Waals surface area contributed by atoms with Crippen LogP contribution in [-0.4, -0.2) is 45.1 Å². The van der Waals surface area contributed by atoms with E-state index >= 15 is 0 Å². The monoisotopic (exact) mass is 208 g/mol. The van der Waals surface area contributed by atoms with Crippen LogP contribution in [0.25, 0.3) is 0 Å². The lowest BCUT2D eigenvalue weighted by Gasteiger charge is -2.27. The van der Waals surface area contributed by atoms with Crippen LogP contribution in [0.2, 0.25) is 0 Å². The molecule has 0 aromatic heterocycles. The van der Waals surface area contributed by atoms with Gasteiger partial charge in [0.05, 0.1) is 4.97 Å². The van der Waals surface area contributed by atoms with Crippen LogP contribution in [0.3, 0.4) is 0 Å². The zero-order valence-electron chi connectivity index (χ0n) is 9.62. The molecule has 0 aliphatic rings. The van der Waals surface area contributed by atoms with E-state index in [9.17, 15) is 0 Å². The van der Waals surface area contributed by atoms with Crippen molar-refractivity contribution < 1.29 is 24.2 Å². The van der Waals surface area contributed by atoms with Crippen molar-refractivity contribution in [2.24, 2.45) is 0 Å². The SMILES string of the molecule is CCO[N+](CCOC)(OCC)OCC. The second-order valence-electron chi connectivity index (χ2n) is 2.58. The highest BCUT2D eigenvalue weighted by Gasteiger charge is 2.33. The molecule has 0 radical (unpaired) electrons. The van der Waals surface area contributed by atoms with Crippen molar-refractivity contribution in [1.29, 1.82) is 0 Å². The second-order valence-corrected chi connectivity index (χ2v) is 2.58. The number of hydroxylamine groups is 3. The lowest BCUT2D eigenvalue weighted by Crippen LogP contribution is -2.49. The summed E-state index contributed by atoms with van der Waals surface area (Å²) < 4.78 is 4.98. The summed E-state index contributed by atoms with van der Waals surface area (Å²) >= 11 is 0. The fraction of sp³-hybridized carbons (Fsp3) is 1.00. The van der Waals surface area contributed by atoms with E-state index in [-0.39, 0.29) is 4.97 Å². The van der Waals surface area contributed by atoms with Gasteiger partial charge in [-0.1, -0.05) is 0 Å². The van der Waals surface area contributed by atoms with Crippen molar-refractivity contribution in [3.05, 3.63) is 0 Å². The van der Waals surface area contributed by atoms with E-state index in [1.54, 1.807) is 7.11 Å². The van der Waals surface area contributed by atoms with Gasteiger partial charge in [-0.15, -0.1) is 14.5 Å². The lowest BCUT2D eigenvalue weighted by atomic mass is 10.7. The first-order valence-corrected chi connectivity index (χ1v) is 5.05. The number of ether oxygens (including phenoxy) is 1. The fourth-order valence-electron chi connectivity index (χ4n) is 1.10. The molecule has 0 aromatic carbocycles. The van der Waals surface area contributed by atoms with E-state index in [0.717, 1.165) is 0 Å². The van der Waals surface area contributed by atoms with Gasteiger partial charge in [0.1, 0.15) is 26.4 Å². The Balaban J connectivity index is 4.21. The van der Waals surface area contributed by atoms with Crippen molar-refractivity contribution in [2.45, 2.75) is 20.8 Å². The third kappa shape index (κ3) is 4.88. The molecule has 0 saturated carbocycles. The molecule has 0 atom stereocenters. The molecule has 0 N–H and O–H groups in total. The van der Waals surface area contributed by atoms with Crippen LogP contribution in [0.15, 0.2) is 0 Å². The standard InChI is InChI=1S/C9H22NO4/c1-5-12-10(13-6-2,14-7-3)8-9-11-4/h5-9H2,1-4H3/q+1. The molecule has 0 heterocycles. The molecule has 0 bridgehead atoms. The Morgan fingerprint density at radius 3 is 1.57 bits per heavy atom. The van der Waals surface area contributed by atoms with E-state index in [4.69, 9.17) is 19.2 Å². The van der Waals surface area contributed by atoms with Crippen molar-refractivity contribution in [1.82, 2.24) is 0 Å². The van der Waals surface area contributed by atoms with Crippen molar-refractivity contribution in [3.63, 3.8) is 0 Å². The summed E-state index contributed by atoms with van der Waals surface area (Å²) in [7, 11) is 1.64. The first-order chi connectivity index (χ1) is 6.74.